The van der Waals surface area contributed by atoms with Crippen molar-refractivity contribution < 1.29 is 46.9 Å². The second-order valence-corrected chi connectivity index (χ2v) is 16.9. The fourth-order valence-electron chi connectivity index (χ4n) is 9.97. The number of carbonyl (C=O) groups excluding carboxylic acids is 4. The average Bonchev–Trinajstić information content (AvgIpc) is 3.66. The van der Waals surface area contributed by atoms with E-state index in [0.29, 0.717) is 51.2 Å². The largest absolute Gasteiger partial charge is 0.508 e. The van der Waals surface area contributed by atoms with Gasteiger partial charge in [-0.05, 0) is 96.1 Å². The van der Waals surface area contributed by atoms with E-state index in [1.54, 1.807) is 87.0 Å². The lowest BCUT2D eigenvalue weighted by Gasteiger charge is -2.50. The Morgan fingerprint density at radius 2 is 1.56 bits per heavy atom. The zero-order valence-corrected chi connectivity index (χ0v) is 35.5. The van der Waals surface area contributed by atoms with Crippen molar-refractivity contribution in [1.82, 2.24) is 9.99 Å². The van der Waals surface area contributed by atoms with Gasteiger partial charge in [-0.1, -0.05) is 83.4 Å². The minimum atomic E-state index is -4.76. The third kappa shape index (κ3) is 6.96. The summed E-state index contributed by atoms with van der Waals surface area (Å²) in [5.41, 5.74) is 3.31. The summed E-state index contributed by atoms with van der Waals surface area (Å²) in [5.74, 6) is -6.00. The summed E-state index contributed by atoms with van der Waals surface area (Å²) in [4.78, 5) is 64.5. The maximum Gasteiger partial charge on any atom is 0.417 e. The maximum atomic E-state index is 15.4. The third-order valence-corrected chi connectivity index (χ3v) is 13.4. The second-order valence-electron chi connectivity index (χ2n) is 16.1. The quantitative estimate of drug-likeness (QED) is 0.0842. The number of allylic oxidation sites excluding steroid dienone is 2. The summed E-state index contributed by atoms with van der Waals surface area (Å²) in [7, 11) is 3.15. The van der Waals surface area contributed by atoms with Gasteiger partial charge in [0.2, 0.25) is 11.8 Å². The number of nitrogens with one attached hydrogen (secondary N) is 1. The first-order valence-corrected chi connectivity index (χ1v) is 20.9. The molecule has 16 heteroatoms. The normalized spacial score (nSPS) is 24.1. The highest BCUT2D eigenvalue weighted by molar-refractivity contribution is 6.33. The molecule has 6 atom stereocenters. The molecule has 4 aromatic carbocycles. The number of rotatable bonds is 9. The highest BCUT2D eigenvalue weighted by Crippen LogP contribution is 2.64. The molecule has 1 saturated carbocycles. The van der Waals surface area contributed by atoms with Gasteiger partial charge >= 0.3 is 6.18 Å². The molecule has 11 nitrogen and oxygen atoms in total. The summed E-state index contributed by atoms with van der Waals surface area (Å²) in [6.45, 7) is 0. The van der Waals surface area contributed by atoms with Crippen LogP contribution in [-0.2, 0) is 30.8 Å². The van der Waals surface area contributed by atoms with Gasteiger partial charge in [0.15, 0.2) is 5.82 Å². The van der Waals surface area contributed by atoms with Crippen molar-refractivity contribution in [2.24, 2.45) is 23.7 Å². The average molecular weight is 910 g/mol. The van der Waals surface area contributed by atoms with Crippen LogP contribution in [0.2, 0.25) is 10.0 Å². The number of imide groups is 2. The van der Waals surface area contributed by atoms with Crippen LogP contribution in [0.25, 0.3) is 12.2 Å². The molecule has 2 saturated heterocycles. The number of phenols is 1. The second kappa shape index (κ2) is 16.2. The first kappa shape index (κ1) is 42.7. The lowest BCUT2D eigenvalue weighted by molar-refractivity contribution is -0.139. The molecule has 4 aliphatic rings. The third-order valence-electron chi connectivity index (χ3n) is 12.8. The van der Waals surface area contributed by atoms with Crippen molar-refractivity contribution in [2.75, 3.05) is 24.5 Å². The molecule has 4 amide bonds. The number of nitrogens with zero attached hydrogens (tertiary/aromatic N) is 3. The van der Waals surface area contributed by atoms with E-state index in [4.69, 9.17) is 32.7 Å². The van der Waals surface area contributed by atoms with Crippen molar-refractivity contribution in [3.8, 4) is 17.2 Å². The number of aromatic hydroxyl groups is 1. The number of carbonyl (C=O) groups is 4. The van der Waals surface area contributed by atoms with E-state index >= 15 is 4.79 Å². The van der Waals surface area contributed by atoms with Gasteiger partial charge in [0.05, 0.1) is 53.7 Å². The van der Waals surface area contributed by atoms with Crippen LogP contribution in [0.1, 0.15) is 46.6 Å². The minimum Gasteiger partial charge on any atom is -0.508 e. The minimum absolute atomic E-state index is 0.0501. The molecule has 9 rings (SSSR count). The smallest absolute Gasteiger partial charge is 0.417 e. The number of phenolic OH excluding ortho intramolecular Hbond substituents is 1. The fraction of sp³-hybridized carbons (Fsp3) is 0.229. The Labute approximate surface area is 374 Å². The number of hydrogen-bond donors (Lipinski definition) is 2. The summed E-state index contributed by atoms with van der Waals surface area (Å²) >= 11 is 12.6. The van der Waals surface area contributed by atoms with E-state index in [-0.39, 0.29) is 24.4 Å². The van der Waals surface area contributed by atoms with Gasteiger partial charge in [0.25, 0.3) is 11.8 Å². The Hall–Kier alpha value is -6.64. The van der Waals surface area contributed by atoms with E-state index in [9.17, 15) is 32.7 Å². The Morgan fingerprint density at radius 1 is 0.844 bits per heavy atom. The Bertz CT molecular complexity index is 2780. The van der Waals surface area contributed by atoms with Gasteiger partial charge in [0, 0.05) is 22.7 Å². The van der Waals surface area contributed by atoms with Crippen LogP contribution in [0.5, 0.6) is 17.2 Å². The number of hydrogen-bond acceptors (Lipinski definition) is 9. The van der Waals surface area contributed by atoms with Crippen molar-refractivity contribution in [3.63, 3.8) is 0 Å². The van der Waals surface area contributed by atoms with Gasteiger partial charge in [-0.25, -0.2) is 4.98 Å². The van der Waals surface area contributed by atoms with Crippen molar-refractivity contribution in [2.45, 2.75) is 30.4 Å². The standard InChI is InChI=1S/C48H37Cl2F3N4O7/c1-63-33-17-20-39(64-2)27(21-33)6-3-25-4-13-31(14-5-25)56-43(59)35-19-18-34-36(40(35)45(56)61)23-37-44(60)57(55-42-38(50)22-29(24-54-42)48(51,52)53)46(62)47(37,28-9-11-30(49)12-10-28)41(34)26-7-15-32(58)16-8-26/h3-18,20-22,24,35-37,40-41,58H,19,23H2,1-2H3,(H,54,55)/t35-,36+,37-,40-,41-,47+/m0/s1. The van der Waals surface area contributed by atoms with Gasteiger partial charge in [-0.15, -0.1) is 0 Å². The predicted octanol–water partition coefficient (Wildman–Crippen LogP) is 9.49. The van der Waals surface area contributed by atoms with Crippen molar-refractivity contribution >= 4 is 70.5 Å². The number of amides is 4. The fourth-order valence-corrected chi connectivity index (χ4v) is 10.3. The SMILES string of the molecule is COc1ccc(OC)c(C=Cc2ccc(N3C(=O)[C@H]4[C@H](CC=C5[C@H]4C[C@H]4C(=O)N(Nc6ncc(C(F)(F)F)cc6Cl)C(=O)[C@@]4(c4ccc(Cl)cc4)[C@H]5c4ccc(O)cc4)C3=O)cc2)c1. The summed E-state index contributed by atoms with van der Waals surface area (Å²) in [6, 6.07) is 25.7. The Kier molecular flexibility index (Phi) is 10.8. The maximum absolute atomic E-state index is 15.4. The van der Waals surface area contributed by atoms with Crippen LogP contribution in [0.15, 0.2) is 115 Å². The first-order chi connectivity index (χ1) is 30.6. The number of alkyl halides is 3. The van der Waals surface area contributed by atoms with Crippen LogP contribution >= 0.6 is 23.2 Å². The molecule has 5 aromatic rings. The first-order valence-electron chi connectivity index (χ1n) is 20.2. The number of methoxy groups -OCH3 is 2. The van der Waals surface area contributed by atoms with Crippen molar-refractivity contribution in [1.29, 1.82) is 0 Å². The van der Waals surface area contributed by atoms with Gasteiger partial charge in [-0.3, -0.25) is 29.5 Å². The number of ether oxygens (including phenoxy) is 2. The van der Waals surface area contributed by atoms with E-state index in [0.717, 1.165) is 16.1 Å². The number of benzene rings is 4. The molecule has 1 aromatic heterocycles. The molecule has 3 fully saturated rings. The molecular formula is C48H37Cl2F3N4O7. The number of aromatic nitrogens is 1. The predicted molar refractivity (Wildman–Crippen MR) is 232 cm³/mol. The molecule has 64 heavy (non-hydrogen) atoms. The molecule has 3 heterocycles. The van der Waals surface area contributed by atoms with Crippen LogP contribution in [0.4, 0.5) is 24.7 Å². The van der Waals surface area contributed by atoms with E-state index in [1.165, 1.54) is 17.0 Å². The molecule has 2 N–H and O–H groups in total. The van der Waals surface area contributed by atoms with Crippen LogP contribution in [0, 0.1) is 23.7 Å². The summed E-state index contributed by atoms with van der Waals surface area (Å²) in [5, 5.41) is 11.0. The lowest BCUT2D eigenvalue weighted by Crippen LogP contribution is -2.53. The zero-order valence-electron chi connectivity index (χ0n) is 34.0. The van der Waals surface area contributed by atoms with Crippen molar-refractivity contribution in [3.05, 3.63) is 153 Å². The van der Waals surface area contributed by atoms with Gasteiger partial charge < -0.3 is 14.6 Å². The highest BCUT2D eigenvalue weighted by atomic mass is 35.5. The monoisotopic (exact) mass is 908 g/mol. The number of anilines is 2. The number of halogens is 5. The number of pyridine rings is 1. The van der Waals surface area contributed by atoms with Crippen LogP contribution in [0.3, 0.4) is 0 Å². The van der Waals surface area contributed by atoms with Crippen LogP contribution < -0.4 is 19.8 Å². The van der Waals surface area contributed by atoms with E-state index in [2.05, 4.69) is 10.4 Å². The Morgan fingerprint density at radius 3 is 2.22 bits per heavy atom. The topological polar surface area (TPSA) is 138 Å². The summed E-state index contributed by atoms with van der Waals surface area (Å²) < 4.78 is 51.5. The summed E-state index contributed by atoms with van der Waals surface area (Å²) in [6.07, 6.45) is 1.50. The van der Waals surface area contributed by atoms with E-state index in [1.807, 2.05) is 24.3 Å². The zero-order chi connectivity index (χ0) is 45.2. The highest BCUT2D eigenvalue weighted by Gasteiger charge is 2.70. The molecule has 2 aliphatic carbocycles. The van der Waals surface area contributed by atoms with Crippen LogP contribution in [-0.4, -0.2) is 52.9 Å². The molecule has 2 aliphatic heterocycles. The lowest BCUT2D eigenvalue weighted by atomic mass is 9.49. The Balaban J connectivity index is 1.10. The number of fused-ring (bicyclic) bond motifs is 4. The molecule has 0 radical (unpaired) electrons. The molecule has 0 unspecified atom stereocenters. The molecule has 326 valence electrons. The number of hydrazine groups is 1. The van der Waals surface area contributed by atoms with Gasteiger partial charge in [0.1, 0.15) is 17.2 Å². The van der Waals surface area contributed by atoms with Gasteiger partial charge in [-0.2, -0.15) is 18.2 Å². The molecule has 0 bridgehead atoms. The molecule has 0 spiro atoms. The van der Waals surface area contributed by atoms with E-state index < -0.39 is 75.4 Å². The molecular weight excluding hydrogens is 872 g/mol.